The average Bonchev–Trinajstić information content (AvgIpc) is 2.16. The van der Waals surface area contributed by atoms with Crippen molar-refractivity contribution in [3.63, 3.8) is 0 Å². The van der Waals surface area contributed by atoms with E-state index in [0.717, 1.165) is 11.8 Å². The summed E-state index contributed by atoms with van der Waals surface area (Å²) in [5, 5.41) is 0.874. The fourth-order valence-corrected chi connectivity index (χ4v) is 1.87. The number of alkyl halides is 1. The van der Waals surface area contributed by atoms with Crippen LogP contribution in [-0.2, 0) is 11.2 Å². The largest absolute Gasteiger partial charge is 0.371 e. The fraction of sp³-hybridized carbons (Fsp3) is 0.538. The SMILES string of the molecule is CC(C)(C)O[C@@H](CBr)Cc1ccccc1. The van der Waals surface area contributed by atoms with Gasteiger partial charge in [0.15, 0.2) is 0 Å². The summed E-state index contributed by atoms with van der Waals surface area (Å²) < 4.78 is 5.94. The zero-order chi connectivity index (χ0) is 11.3. The Morgan fingerprint density at radius 1 is 1.20 bits per heavy atom. The van der Waals surface area contributed by atoms with Gasteiger partial charge in [0.1, 0.15) is 0 Å². The molecule has 0 saturated heterocycles. The lowest BCUT2D eigenvalue weighted by Gasteiger charge is -2.26. The molecule has 0 fully saturated rings. The van der Waals surface area contributed by atoms with Crippen LogP contribution in [0.15, 0.2) is 30.3 Å². The number of rotatable bonds is 4. The van der Waals surface area contributed by atoms with Crippen LogP contribution in [0.1, 0.15) is 26.3 Å². The molecule has 1 aromatic carbocycles. The summed E-state index contributed by atoms with van der Waals surface area (Å²) in [6.45, 7) is 6.27. The monoisotopic (exact) mass is 270 g/mol. The Balaban J connectivity index is 2.55. The van der Waals surface area contributed by atoms with E-state index in [1.807, 2.05) is 6.07 Å². The molecule has 0 aliphatic carbocycles. The second-order valence-electron chi connectivity index (χ2n) is 4.70. The molecule has 1 atom stereocenters. The molecule has 0 aliphatic heterocycles. The van der Waals surface area contributed by atoms with Crippen LogP contribution in [0.5, 0.6) is 0 Å². The second-order valence-corrected chi connectivity index (χ2v) is 5.34. The van der Waals surface area contributed by atoms with E-state index in [2.05, 4.69) is 61.0 Å². The van der Waals surface area contributed by atoms with Crippen molar-refractivity contribution in [1.29, 1.82) is 0 Å². The molecule has 0 spiro atoms. The summed E-state index contributed by atoms with van der Waals surface area (Å²) in [6.07, 6.45) is 1.20. The van der Waals surface area contributed by atoms with Gasteiger partial charge in [-0.05, 0) is 32.8 Å². The Kier molecular flexibility index (Phi) is 4.81. The third-order valence-corrected chi connectivity index (χ3v) is 2.72. The van der Waals surface area contributed by atoms with E-state index in [0.29, 0.717) is 0 Å². The molecule has 0 saturated carbocycles. The van der Waals surface area contributed by atoms with Gasteiger partial charge < -0.3 is 4.74 Å². The number of hydrogen-bond acceptors (Lipinski definition) is 1. The van der Waals surface area contributed by atoms with Gasteiger partial charge in [-0.15, -0.1) is 0 Å². The summed E-state index contributed by atoms with van der Waals surface area (Å²) in [5.41, 5.74) is 1.25. The second kappa shape index (κ2) is 5.66. The predicted molar refractivity (Wildman–Crippen MR) is 68.6 cm³/mol. The zero-order valence-corrected chi connectivity index (χ0v) is 11.3. The van der Waals surface area contributed by atoms with Gasteiger partial charge in [0.25, 0.3) is 0 Å². The van der Waals surface area contributed by atoms with E-state index in [9.17, 15) is 0 Å². The minimum absolute atomic E-state index is 0.0762. The van der Waals surface area contributed by atoms with Crippen LogP contribution in [0.25, 0.3) is 0 Å². The van der Waals surface area contributed by atoms with Gasteiger partial charge in [-0.2, -0.15) is 0 Å². The van der Waals surface area contributed by atoms with Crippen molar-refractivity contribution in [3.8, 4) is 0 Å². The highest BCUT2D eigenvalue weighted by Gasteiger charge is 2.17. The third kappa shape index (κ3) is 5.33. The van der Waals surface area contributed by atoms with Gasteiger partial charge in [-0.1, -0.05) is 46.3 Å². The van der Waals surface area contributed by atoms with Crippen molar-refractivity contribution >= 4 is 15.9 Å². The molecule has 1 nitrogen and oxygen atoms in total. The maximum atomic E-state index is 5.94. The van der Waals surface area contributed by atoms with Gasteiger partial charge in [0.2, 0.25) is 0 Å². The van der Waals surface area contributed by atoms with Crippen molar-refractivity contribution in [3.05, 3.63) is 35.9 Å². The molecule has 0 bridgehead atoms. The van der Waals surface area contributed by atoms with Crippen molar-refractivity contribution in [1.82, 2.24) is 0 Å². The molecule has 0 aromatic heterocycles. The molecular formula is C13H19BrO. The smallest absolute Gasteiger partial charge is 0.0719 e. The summed E-state index contributed by atoms with van der Waals surface area (Å²) in [5.74, 6) is 0. The highest BCUT2D eigenvalue weighted by Crippen LogP contribution is 2.16. The van der Waals surface area contributed by atoms with Crippen molar-refractivity contribution in [2.24, 2.45) is 0 Å². The molecule has 0 unspecified atom stereocenters. The molecule has 0 N–H and O–H groups in total. The number of benzene rings is 1. The summed E-state index contributed by atoms with van der Waals surface area (Å²) in [6, 6.07) is 10.5. The Bertz CT molecular complexity index is 276. The molecule has 0 aliphatic rings. The Labute approximate surface area is 101 Å². The molecule has 2 heteroatoms. The lowest BCUT2D eigenvalue weighted by molar-refractivity contribution is -0.0477. The van der Waals surface area contributed by atoms with Crippen molar-refractivity contribution in [2.75, 3.05) is 5.33 Å². The predicted octanol–water partition coefficient (Wildman–Crippen LogP) is 3.81. The van der Waals surface area contributed by atoms with Gasteiger partial charge in [-0.3, -0.25) is 0 Å². The van der Waals surface area contributed by atoms with E-state index in [1.165, 1.54) is 5.56 Å². The van der Waals surface area contributed by atoms with E-state index < -0.39 is 0 Å². The van der Waals surface area contributed by atoms with Crippen LogP contribution in [0.4, 0.5) is 0 Å². The van der Waals surface area contributed by atoms with Crippen LogP contribution in [0.3, 0.4) is 0 Å². The molecule has 0 heterocycles. The van der Waals surface area contributed by atoms with Crippen LogP contribution in [0.2, 0.25) is 0 Å². The number of hydrogen-bond donors (Lipinski definition) is 0. The highest BCUT2D eigenvalue weighted by molar-refractivity contribution is 9.09. The third-order valence-electron chi connectivity index (χ3n) is 2.00. The molecule has 84 valence electrons. The Hall–Kier alpha value is -0.340. The summed E-state index contributed by atoms with van der Waals surface area (Å²) >= 11 is 3.50. The van der Waals surface area contributed by atoms with Crippen molar-refractivity contribution < 1.29 is 4.74 Å². The van der Waals surface area contributed by atoms with Crippen LogP contribution >= 0.6 is 15.9 Å². The standard InChI is InChI=1S/C13H19BrO/c1-13(2,3)15-12(10-14)9-11-7-5-4-6-8-11/h4-8,12H,9-10H2,1-3H3/t12-/m1/s1. The van der Waals surface area contributed by atoms with Gasteiger partial charge in [0, 0.05) is 5.33 Å². The quantitative estimate of drug-likeness (QED) is 0.757. The van der Waals surface area contributed by atoms with E-state index in [4.69, 9.17) is 4.74 Å². The molecule has 1 aromatic rings. The zero-order valence-electron chi connectivity index (χ0n) is 9.66. The van der Waals surface area contributed by atoms with E-state index in [-0.39, 0.29) is 11.7 Å². The first kappa shape index (κ1) is 12.7. The average molecular weight is 271 g/mol. The molecule has 0 radical (unpaired) electrons. The first-order valence-corrected chi connectivity index (χ1v) is 6.41. The minimum Gasteiger partial charge on any atom is -0.371 e. The molecule has 0 amide bonds. The van der Waals surface area contributed by atoms with Crippen LogP contribution in [-0.4, -0.2) is 17.0 Å². The lowest BCUT2D eigenvalue weighted by Crippen LogP contribution is -2.30. The minimum atomic E-state index is -0.0762. The van der Waals surface area contributed by atoms with Gasteiger partial charge in [0.05, 0.1) is 11.7 Å². The maximum Gasteiger partial charge on any atom is 0.0719 e. The van der Waals surface area contributed by atoms with Gasteiger partial charge >= 0.3 is 0 Å². The topological polar surface area (TPSA) is 9.23 Å². The van der Waals surface area contributed by atoms with E-state index >= 15 is 0 Å². The van der Waals surface area contributed by atoms with Crippen LogP contribution < -0.4 is 0 Å². The fourth-order valence-electron chi connectivity index (χ4n) is 1.50. The molecule has 15 heavy (non-hydrogen) atoms. The maximum absolute atomic E-state index is 5.94. The Morgan fingerprint density at radius 2 is 1.80 bits per heavy atom. The first-order chi connectivity index (χ1) is 7.01. The first-order valence-electron chi connectivity index (χ1n) is 5.29. The molecule has 1 rings (SSSR count). The summed E-state index contributed by atoms with van der Waals surface area (Å²) in [7, 11) is 0. The highest BCUT2D eigenvalue weighted by atomic mass is 79.9. The van der Waals surface area contributed by atoms with E-state index in [1.54, 1.807) is 0 Å². The normalized spacial score (nSPS) is 13.9. The Morgan fingerprint density at radius 3 is 2.27 bits per heavy atom. The number of ether oxygens (including phenoxy) is 1. The molecular weight excluding hydrogens is 252 g/mol. The lowest BCUT2D eigenvalue weighted by atomic mass is 10.1. The van der Waals surface area contributed by atoms with Crippen molar-refractivity contribution in [2.45, 2.75) is 38.9 Å². The van der Waals surface area contributed by atoms with Crippen LogP contribution in [0, 0.1) is 0 Å². The summed E-state index contributed by atoms with van der Waals surface area (Å²) in [4.78, 5) is 0. The van der Waals surface area contributed by atoms with Gasteiger partial charge in [-0.25, -0.2) is 0 Å². The number of halogens is 1.